The molecule has 0 fully saturated rings. The van der Waals surface area contributed by atoms with Gasteiger partial charge in [0.15, 0.2) is 5.82 Å². The third kappa shape index (κ3) is 3.98. The fraction of sp³-hybridized carbons (Fsp3) is 0.364. The molecule has 0 unspecified atom stereocenters. The SMILES string of the molecule is CCOC(=O)c1c(C)[nH]c(C(=O)Nc2c(C)cccc2-c2nc(C(C)C)no2)c1C. The van der Waals surface area contributed by atoms with Crippen molar-refractivity contribution < 1.29 is 18.8 Å². The molecule has 0 aliphatic carbocycles. The number of aromatic amines is 1. The summed E-state index contributed by atoms with van der Waals surface area (Å²) in [5.41, 5.74) is 3.86. The zero-order chi connectivity index (χ0) is 22.0. The van der Waals surface area contributed by atoms with Crippen LogP contribution >= 0.6 is 0 Å². The quantitative estimate of drug-likeness (QED) is 0.577. The Morgan fingerprint density at radius 2 is 1.97 bits per heavy atom. The number of H-pyrrole nitrogens is 1. The molecular formula is C22H26N4O4. The third-order valence-electron chi connectivity index (χ3n) is 4.84. The average molecular weight is 410 g/mol. The van der Waals surface area contributed by atoms with Crippen molar-refractivity contribution in [3.8, 4) is 11.5 Å². The number of hydrogen-bond acceptors (Lipinski definition) is 6. The van der Waals surface area contributed by atoms with Crippen LogP contribution in [-0.4, -0.2) is 33.6 Å². The first kappa shape index (κ1) is 21.3. The van der Waals surface area contributed by atoms with E-state index >= 15 is 0 Å². The second kappa shape index (κ2) is 8.52. The highest BCUT2D eigenvalue weighted by atomic mass is 16.5. The summed E-state index contributed by atoms with van der Waals surface area (Å²) in [5.74, 6) is 0.232. The van der Waals surface area contributed by atoms with Crippen LogP contribution in [0.25, 0.3) is 11.5 Å². The van der Waals surface area contributed by atoms with Gasteiger partial charge in [0.25, 0.3) is 11.8 Å². The third-order valence-corrected chi connectivity index (χ3v) is 4.84. The van der Waals surface area contributed by atoms with Gasteiger partial charge < -0.3 is 19.6 Å². The molecule has 8 heteroatoms. The van der Waals surface area contributed by atoms with Gasteiger partial charge in [-0.25, -0.2) is 4.79 Å². The van der Waals surface area contributed by atoms with E-state index in [2.05, 4.69) is 20.4 Å². The molecule has 0 spiro atoms. The lowest BCUT2D eigenvalue weighted by Crippen LogP contribution is -2.16. The number of amides is 1. The van der Waals surface area contributed by atoms with Crippen LogP contribution in [0.1, 0.15) is 70.2 Å². The first-order valence-corrected chi connectivity index (χ1v) is 9.85. The first-order valence-electron chi connectivity index (χ1n) is 9.85. The van der Waals surface area contributed by atoms with Crippen molar-refractivity contribution in [1.29, 1.82) is 0 Å². The molecule has 0 saturated carbocycles. The predicted octanol–water partition coefficient (Wildman–Crippen LogP) is 4.54. The zero-order valence-electron chi connectivity index (χ0n) is 18.0. The topological polar surface area (TPSA) is 110 Å². The molecule has 3 rings (SSSR count). The van der Waals surface area contributed by atoms with E-state index in [9.17, 15) is 9.59 Å². The maximum Gasteiger partial charge on any atom is 0.340 e. The molecule has 0 atom stereocenters. The van der Waals surface area contributed by atoms with Crippen LogP contribution in [0, 0.1) is 20.8 Å². The number of benzene rings is 1. The molecule has 30 heavy (non-hydrogen) atoms. The molecule has 2 N–H and O–H groups in total. The monoisotopic (exact) mass is 410 g/mol. The highest BCUT2D eigenvalue weighted by Crippen LogP contribution is 2.31. The molecule has 0 radical (unpaired) electrons. The van der Waals surface area contributed by atoms with Crippen molar-refractivity contribution in [2.75, 3.05) is 11.9 Å². The van der Waals surface area contributed by atoms with Crippen LogP contribution in [0.5, 0.6) is 0 Å². The van der Waals surface area contributed by atoms with Gasteiger partial charge in [-0.15, -0.1) is 0 Å². The number of esters is 1. The van der Waals surface area contributed by atoms with E-state index < -0.39 is 5.97 Å². The number of nitrogens with one attached hydrogen (secondary N) is 2. The molecule has 158 valence electrons. The Morgan fingerprint density at radius 3 is 2.60 bits per heavy atom. The van der Waals surface area contributed by atoms with E-state index in [0.717, 1.165) is 5.56 Å². The number of nitrogens with zero attached hydrogens (tertiary/aromatic N) is 2. The minimum Gasteiger partial charge on any atom is -0.462 e. The molecule has 2 heterocycles. The van der Waals surface area contributed by atoms with Crippen molar-refractivity contribution in [2.45, 2.75) is 47.5 Å². The summed E-state index contributed by atoms with van der Waals surface area (Å²) >= 11 is 0. The number of ether oxygens (including phenoxy) is 1. The number of hydrogen-bond donors (Lipinski definition) is 2. The van der Waals surface area contributed by atoms with E-state index in [0.29, 0.717) is 45.5 Å². The van der Waals surface area contributed by atoms with Crippen molar-refractivity contribution in [1.82, 2.24) is 15.1 Å². The minimum absolute atomic E-state index is 0.121. The molecule has 8 nitrogen and oxygen atoms in total. The number of aryl methyl sites for hydroxylation is 2. The number of rotatable bonds is 6. The number of anilines is 1. The van der Waals surface area contributed by atoms with E-state index in [-0.39, 0.29) is 18.4 Å². The van der Waals surface area contributed by atoms with Crippen molar-refractivity contribution in [2.24, 2.45) is 0 Å². The van der Waals surface area contributed by atoms with Gasteiger partial charge >= 0.3 is 5.97 Å². The fourth-order valence-electron chi connectivity index (χ4n) is 3.25. The maximum atomic E-state index is 13.1. The Morgan fingerprint density at radius 1 is 1.23 bits per heavy atom. The summed E-state index contributed by atoms with van der Waals surface area (Å²) in [6, 6.07) is 5.56. The molecule has 2 aromatic heterocycles. The smallest absolute Gasteiger partial charge is 0.340 e. The second-order valence-corrected chi connectivity index (χ2v) is 7.41. The van der Waals surface area contributed by atoms with Crippen LogP contribution in [0.2, 0.25) is 0 Å². The van der Waals surface area contributed by atoms with Gasteiger partial charge in [0, 0.05) is 11.6 Å². The number of carbonyl (C=O) groups excluding carboxylic acids is 2. The highest BCUT2D eigenvalue weighted by Gasteiger charge is 2.24. The highest BCUT2D eigenvalue weighted by molar-refractivity contribution is 6.08. The molecule has 0 aliphatic heterocycles. The Kier molecular flexibility index (Phi) is 6.05. The maximum absolute atomic E-state index is 13.1. The van der Waals surface area contributed by atoms with Gasteiger partial charge in [-0.3, -0.25) is 4.79 Å². The zero-order valence-corrected chi connectivity index (χ0v) is 18.0. The summed E-state index contributed by atoms with van der Waals surface area (Å²) in [5, 5.41) is 6.94. The average Bonchev–Trinajstić information content (AvgIpc) is 3.28. The van der Waals surface area contributed by atoms with E-state index in [1.165, 1.54) is 0 Å². The molecule has 0 saturated heterocycles. The second-order valence-electron chi connectivity index (χ2n) is 7.41. The fourth-order valence-corrected chi connectivity index (χ4v) is 3.25. The van der Waals surface area contributed by atoms with Gasteiger partial charge in [-0.1, -0.05) is 31.1 Å². The minimum atomic E-state index is -0.452. The van der Waals surface area contributed by atoms with Crippen molar-refractivity contribution in [3.63, 3.8) is 0 Å². The molecule has 1 aromatic carbocycles. The number of aromatic nitrogens is 3. The van der Waals surface area contributed by atoms with Crippen LogP contribution in [-0.2, 0) is 4.74 Å². The lowest BCUT2D eigenvalue weighted by molar-refractivity contribution is 0.0525. The largest absolute Gasteiger partial charge is 0.462 e. The van der Waals surface area contributed by atoms with Crippen molar-refractivity contribution in [3.05, 3.63) is 52.1 Å². The lowest BCUT2D eigenvalue weighted by atomic mass is 10.1. The Labute approximate surface area is 175 Å². The molecule has 1 amide bonds. The van der Waals surface area contributed by atoms with Crippen LogP contribution in [0.15, 0.2) is 22.7 Å². The number of para-hydroxylation sites is 1. The van der Waals surface area contributed by atoms with Gasteiger partial charge in [0.2, 0.25) is 0 Å². The molecule has 0 bridgehead atoms. The first-order chi connectivity index (χ1) is 14.2. The lowest BCUT2D eigenvalue weighted by Gasteiger charge is -2.12. The van der Waals surface area contributed by atoms with Gasteiger partial charge in [-0.05, 0) is 44.9 Å². The number of carbonyl (C=O) groups is 2. The predicted molar refractivity (Wildman–Crippen MR) is 113 cm³/mol. The van der Waals surface area contributed by atoms with Gasteiger partial charge in [0.1, 0.15) is 5.69 Å². The Balaban J connectivity index is 1.96. The van der Waals surface area contributed by atoms with Gasteiger partial charge in [0.05, 0.1) is 23.4 Å². The van der Waals surface area contributed by atoms with E-state index in [1.54, 1.807) is 20.8 Å². The van der Waals surface area contributed by atoms with Crippen LogP contribution in [0.3, 0.4) is 0 Å². The molecule has 3 aromatic rings. The van der Waals surface area contributed by atoms with Crippen LogP contribution in [0.4, 0.5) is 5.69 Å². The summed E-state index contributed by atoms with van der Waals surface area (Å²) in [4.78, 5) is 32.7. The normalized spacial score (nSPS) is 11.0. The standard InChI is InChI=1S/C22H26N4O4/c1-7-29-22(28)16-13(5)18(23-14(16)6)20(27)24-17-12(4)9-8-10-15(17)21-25-19(11(2)3)26-30-21/h8-11,23H,7H2,1-6H3,(H,24,27). The summed E-state index contributed by atoms with van der Waals surface area (Å²) in [6.45, 7) is 11.3. The van der Waals surface area contributed by atoms with E-state index in [4.69, 9.17) is 9.26 Å². The van der Waals surface area contributed by atoms with Gasteiger partial charge in [-0.2, -0.15) is 4.98 Å². The summed E-state index contributed by atoms with van der Waals surface area (Å²) in [6.07, 6.45) is 0. The summed E-state index contributed by atoms with van der Waals surface area (Å²) < 4.78 is 10.5. The molecular weight excluding hydrogens is 384 g/mol. The van der Waals surface area contributed by atoms with Crippen LogP contribution < -0.4 is 5.32 Å². The Bertz CT molecular complexity index is 1090. The van der Waals surface area contributed by atoms with Crippen molar-refractivity contribution >= 4 is 17.6 Å². The Hall–Kier alpha value is -3.42. The molecule has 0 aliphatic rings. The van der Waals surface area contributed by atoms with E-state index in [1.807, 2.05) is 39.0 Å². The summed E-state index contributed by atoms with van der Waals surface area (Å²) in [7, 11) is 0.